The molecular formula is C43H48O16. The first-order chi connectivity index (χ1) is 27.8. The number of aliphatic hydroxyl groups excluding tert-OH is 1. The number of ketones is 5. The number of phenols is 1. The molecule has 16 nitrogen and oxygen atoms in total. The molecule has 316 valence electrons. The number of Topliss-reactive ketones (excluding diaryl/α,β-unsaturated/α-hetero) is 3. The van der Waals surface area contributed by atoms with Gasteiger partial charge in [0.2, 0.25) is 0 Å². The molecule has 0 spiro atoms. The van der Waals surface area contributed by atoms with Crippen molar-refractivity contribution in [1.82, 2.24) is 0 Å². The average molecular weight is 821 g/mol. The molecule has 16 heteroatoms. The Morgan fingerprint density at radius 3 is 2.14 bits per heavy atom. The van der Waals surface area contributed by atoms with Crippen LogP contribution < -0.4 is 0 Å². The molecule has 14 atom stereocenters. The molecule has 8 rings (SSSR count). The van der Waals surface area contributed by atoms with Gasteiger partial charge in [-0.3, -0.25) is 24.0 Å². The zero-order valence-corrected chi connectivity index (χ0v) is 33.2. The van der Waals surface area contributed by atoms with Crippen LogP contribution in [0.1, 0.15) is 99.1 Å². The van der Waals surface area contributed by atoms with Gasteiger partial charge in [0.1, 0.15) is 29.7 Å². The quantitative estimate of drug-likeness (QED) is 0.310. The van der Waals surface area contributed by atoms with Crippen molar-refractivity contribution in [2.24, 2.45) is 0 Å². The summed E-state index contributed by atoms with van der Waals surface area (Å²) in [4.78, 5) is 66.0. The third-order valence-electron chi connectivity index (χ3n) is 12.4. The summed E-state index contributed by atoms with van der Waals surface area (Å²) in [5, 5.41) is 47.0. The van der Waals surface area contributed by atoms with Crippen LogP contribution in [-0.2, 0) is 47.5 Å². The number of phenolic OH excluding ortho intramolecular Hbond substituents is 1. The zero-order valence-electron chi connectivity index (χ0n) is 33.2. The van der Waals surface area contributed by atoms with Gasteiger partial charge in [0.15, 0.2) is 53.4 Å². The molecule has 1 aromatic carbocycles. The SMILES string of the molecule is CC1OC(OC2CCC(OC3C(O)CC(c4ccc5c(c4O)C(=O)C4=C(C5=O)C5(O)C(=O)CC(C)(OC6C=CC(=O)C(C)O6)CC5(O)C=C4)OC3C)OC2C)C=CC1=O. The van der Waals surface area contributed by atoms with Crippen molar-refractivity contribution in [1.29, 1.82) is 0 Å². The molecule has 0 radical (unpaired) electrons. The van der Waals surface area contributed by atoms with Crippen molar-refractivity contribution in [3.8, 4) is 5.75 Å². The second-order valence-electron chi connectivity index (χ2n) is 16.8. The average Bonchev–Trinajstić information content (AvgIpc) is 3.16. The number of aliphatic hydroxyl groups is 3. The molecule has 1 aromatic rings. The minimum absolute atomic E-state index is 0.0490. The van der Waals surface area contributed by atoms with E-state index in [0.717, 1.165) is 12.2 Å². The van der Waals surface area contributed by atoms with Gasteiger partial charge < -0.3 is 53.6 Å². The Balaban J connectivity index is 0.953. The third-order valence-corrected chi connectivity index (χ3v) is 12.4. The molecule has 0 aromatic heterocycles. The van der Waals surface area contributed by atoms with E-state index in [1.807, 2.05) is 6.92 Å². The van der Waals surface area contributed by atoms with E-state index in [2.05, 4.69) is 0 Å². The number of fused-ring (bicyclic) bond motifs is 3. The highest BCUT2D eigenvalue weighted by atomic mass is 16.7. The monoisotopic (exact) mass is 820 g/mol. The highest BCUT2D eigenvalue weighted by Crippen LogP contribution is 2.53. The van der Waals surface area contributed by atoms with Crippen molar-refractivity contribution in [3.05, 3.63) is 76.4 Å². The summed E-state index contributed by atoms with van der Waals surface area (Å²) < 4.78 is 41.8. The van der Waals surface area contributed by atoms with Crippen LogP contribution in [0, 0.1) is 0 Å². The Morgan fingerprint density at radius 1 is 0.797 bits per heavy atom. The van der Waals surface area contributed by atoms with Gasteiger partial charge in [-0.1, -0.05) is 12.1 Å². The van der Waals surface area contributed by atoms with Crippen LogP contribution in [-0.4, -0.2) is 128 Å². The molecule has 0 amide bonds. The fourth-order valence-electron chi connectivity index (χ4n) is 9.31. The summed E-state index contributed by atoms with van der Waals surface area (Å²) in [6.07, 6.45) is -0.0765. The summed E-state index contributed by atoms with van der Waals surface area (Å²) in [6.45, 7) is 8.26. The molecular weight excluding hydrogens is 772 g/mol. The fraction of sp³-hybridized carbons (Fsp3) is 0.558. The molecule has 0 bridgehead atoms. The second-order valence-corrected chi connectivity index (χ2v) is 16.8. The van der Waals surface area contributed by atoms with Crippen molar-refractivity contribution in [3.63, 3.8) is 0 Å². The van der Waals surface area contributed by atoms with E-state index in [1.165, 1.54) is 37.3 Å². The minimum atomic E-state index is -2.83. The van der Waals surface area contributed by atoms with Crippen LogP contribution in [0.2, 0.25) is 0 Å². The molecule has 1 saturated carbocycles. The van der Waals surface area contributed by atoms with Gasteiger partial charge in [-0.15, -0.1) is 0 Å². The van der Waals surface area contributed by atoms with Crippen LogP contribution in [0.4, 0.5) is 0 Å². The first kappa shape index (κ1) is 41.7. The van der Waals surface area contributed by atoms with Crippen LogP contribution in [0.3, 0.4) is 0 Å². The van der Waals surface area contributed by atoms with Gasteiger partial charge in [-0.2, -0.15) is 0 Å². The van der Waals surface area contributed by atoms with Gasteiger partial charge >= 0.3 is 0 Å². The molecule has 59 heavy (non-hydrogen) atoms. The maximum Gasteiger partial charge on any atom is 0.198 e. The molecule has 4 N–H and O–H groups in total. The van der Waals surface area contributed by atoms with Gasteiger partial charge in [0.25, 0.3) is 0 Å². The molecule has 7 aliphatic rings. The summed E-state index contributed by atoms with van der Waals surface area (Å²) in [7, 11) is 0. The van der Waals surface area contributed by atoms with Crippen molar-refractivity contribution in [2.45, 2.75) is 151 Å². The summed E-state index contributed by atoms with van der Waals surface area (Å²) in [5.74, 6) is -3.73. The van der Waals surface area contributed by atoms with Crippen LogP contribution >= 0.6 is 0 Å². The van der Waals surface area contributed by atoms with E-state index in [9.17, 15) is 44.4 Å². The molecule has 2 saturated heterocycles. The molecule has 3 aliphatic carbocycles. The Labute approximate surface area is 339 Å². The van der Waals surface area contributed by atoms with Gasteiger partial charge in [-0.05, 0) is 77.5 Å². The van der Waals surface area contributed by atoms with Crippen molar-refractivity contribution < 1.29 is 77.6 Å². The lowest BCUT2D eigenvalue weighted by molar-refractivity contribution is -0.292. The lowest BCUT2D eigenvalue weighted by atomic mass is 9.57. The third kappa shape index (κ3) is 7.12. The maximum atomic E-state index is 14.2. The number of carbonyl (C=O) groups is 5. The largest absolute Gasteiger partial charge is 0.507 e. The normalized spacial score (nSPS) is 42.2. The minimum Gasteiger partial charge on any atom is -0.507 e. The van der Waals surface area contributed by atoms with Crippen molar-refractivity contribution in [2.75, 3.05) is 0 Å². The number of carbonyl (C=O) groups excluding carboxylic acids is 5. The van der Waals surface area contributed by atoms with E-state index in [4.69, 9.17) is 33.2 Å². The number of hydrogen-bond donors (Lipinski definition) is 4. The van der Waals surface area contributed by atoms with Gasteiger partial charge in [0.05, 0.1) is 47.3 Å². The zero-order chi connectivity index (χ0) is 42.3. The number of ether oxygens (including phenoxy) is 7. The molecule has 3 fully saturated rings. The molecule has 14 unspecified atom stereocenters. The van der Waals surface area contributed by atoms with E-state index in [1.54, 1.807) is 26.8 Å². The van der Waals surface area contributed by atoms with Gasteiger partial charge in [-0.25, -0.2) is 0 Å². The summed E-state index contributed by atoms with van der Waals surface area (Å²) >= 11 is 0. The Morgan fingerprint density at radius 2 is 1.47 bits per heavy atom. The van der Waals surface area contributed by atoms with E-state index in [-0.39, 0.29) is 52.8 Å². The fourth-order valence-corrected chi connectivity index (χ4v) is 9.31. The van der Waals surface area contributed by atoms with Gasteiger partial charge in [0, 0.05) is 42.4 Å². The topological polar surface area (TPSA) is 231 Å². The number of aromatic hydroxyl groups is 1. The summed E-state index contributed by atoms with van der Waals surface area (Å²) in [5.41, 5.74) is -8.13. The number of benzene rings is 1. The van der Waals surface area contributed by atoms with Crippen LogP contribution in [0.25, 0.3) is 0 Å². The predicted molar refractivity (Wildman–Crippen MR) is 201 cm³/mol. The van der Waals surface area contributed by atoms with Crippen LogP contribution in [0.15, 0.2) is 59.7 Å². The lowest BCUT2D eigenvalue weighted by Crippen LogP contribution is -2.69. The number of allylic oxidation sites excluding steroid dienone is 2. The maximum absolute atomic E-state index is 14.2. The first-order valence-electron chi connectivity index (χ1n) is 19.9. The highest BCUT2D eigenvalue weighted by Gasteiger charge is 2.67. The summed E-state index contributed by atoms with van der Waals surface area (Å²) in [6, 6.07) is 2.67. The van der Waals surface area contributed by atoms with Crippen molar-refractivity contribution >= 4 is 28.9 Å². The standard InChI is InChI=1S/C43H48O16/c1-19-26(44)8-11-32(54-19)57-29-10-13-33(56-21(29)3)58-40-22(4)53-30(16-28(40)46)23-6-7-24-35(37(23)48)38(49)25-14-15-42(51)18-41(5,59-34-12-9-27(45)20(2)55-34)17-31(47)43(42,52)36(25)39(24)50/h6-9,11-12,14-15,19-22,28-30,32-34,40,46,48,51-52H,10,13,16-18H2,1-5H3. The van der Waals surface area contributed by atoms with E-state index < -0.39 is 113 Å². The highest BCUT2D eigenvalue weighted by molar-refractivity contribution is 6.32. The molecule has 4 heterocycles. The van der Waals surface area contributed by atoms with E-state index >= 15 is 0 Å². The van der Waals surface area contributed by atoms with E-state index in [0.29, 0.717) is 12.8 Å². The predicted octanol–water partition coefficient (Wildman–Crippen LogP) is 2.48. The lowest BCUT2D eigenvalue weighted by Gasteiger charge is -2.53. The Kier molecular flexibility index (Phi) is 10.7. The Bertz CT molecular complexity index is 2090. The van der Waals surface area contributed by atoms with Crippen LogP contribution in [0.5, 0.6) is 5.75 Å². The molecule has 4 aliphatic heterocycles. The first-order valence-corrected chi connectivity index (χ1v) is 19.9. The number of rotatable bonds is 7. The number of hydrogen-bond acceptors (Lipinski definition) is 16. The second kappa shape index (κ2) is 15.1. The Hall–Kier alpha value is -4.07. The smallest absolute Gasteiger partial charge is 0.198 e.